The fraction of sp³-hybridized carbons (Fsp3) is 0.632. The Morgan fingerprint density at radius 1 is 1.31 bits per heavy atom. The number of fused-ring (bicyclic) bond motifs is 1. The molecule has 0 aliphatic carbocycles. The maximum atomic E-state index is 6.28. The number of nitrogens with two attached hydrogens (primary N) is 1. The Morgan fingerprint density at radius 3 is 2.96 bits per heavy atom. The molecule has 2 unspecified atom stereocenters. The third kappa shape index (κ3) is 3.80. The number of ether oxygens (including phenoxy) is 2. The van der Waals surface area contributed by atoms with Crippen molar-refractivity contribution < 1.29 is 9.47 Å². The van der Waals surface area contributed by atoms with Crippen molar-refractivity contribution in [2.24, 2.45) is 10.7 Å². The van der Waals surface area contributed by atoms with Gasteiger partial charge in [-0.2, -0.15) is 11.8 Å². The molecule has 0 radical (unpaired) electrons. The molecule has 1 aromatic rings. The van der Waals surface area contributed by atoms with Crippen LogP contribution < -0.4 is 15.8 Å². The normalized spacial score (nSPS) is 29.8. The van der Waals surface area contributed by atoms with E-state index in [-0.39, 0.29) is 11.6 Å². The van der Waals surface area contributed by atoms with Gasteiger partial charge in [0.2, 0.25) is 0 Å². The molecular formula is C19H28N4O2S. The van der Waals surface area contributed by atoms with Gasteiger partial charge in [0.1, 0.15) is 5.75 Å². The predicted octanol–water partition coefficient (Wildman–Crippen LogP) is 1.62. The largest absolute Gasteiger partial charge is 0.493 e. The molecule has 0 saturated carbocycles. The summed E-state index contributed by atoms with van der Waals surface area (Å²) >= 11 is 2.02. The zero-order valence-corrected chi connectivity index (χ0v) is 16.0. The zero-order chi connectivity index (χ0) is 17.8. The predicted molar refractivity (Wildman–Crippen MR) is 106 cm³/mol. The van der Waals surface area contributed by atoms with Gasteiger partial charge < -0.3 is 20.5 Å². The Hall–Kier alpha value is -1.44. The van der Waals surface area contributed by atoms with Gasteiger partial charge in [0.15, 0.2) is 5.96 Å². The lowest BCUT2D eigenvalue weighted by molar-refractivity contribution is -0.0104. The lowest BCUT2D eigenvalue weighted by Crippen LogP contribution is -2.56. The molecule has 2 fully saturated rings. The Kier molecular flexibility index (Phi) is 5.57. The van der Waals surface area contributed by atoms with Crippen LogP contribution in [0.5, 0.6) is 5.75 Å². The average Bonchev–Trinajstić information content (AvgIpc) is 3.18. The first kappa shape index (κ1) is 17.9. The third-order valence-corrected chi connectivity index (χ3v) is 6.82. The molecule has 0 aromatic heterocycles. The number of nitrogens with zero attached hydrogens (tertiary/aromatic N) is 2. The van der Waals surface area contributed by atoms with E-state index in [0.717, 1.165) is 56.3 Å². The summed E-state index contributed by atoms with van der Waals surface area (Å²) in [4.78, 5) is 7.33. The fourth-order valence-electron chi connectivity index (χ4n) is 4.06. The minimum absolute atomic E-state index is 0.133. The lowest BCUT2D eigenvalue weighted by Gasteiger charge is -2.42. The summed E-state index contributed by atoms with van der Waals surface area (Å²) in [5, 5.41) is 3.42. The average molecular weight is 377 g/mol. The van der Waals surface area contributed by atoms with Crippen molar-refractivity contribution in [1.82, 2.24) is 10.2 Å². The first-order chi connectivity index (χ1) is 12.8. The number of morpholine rings is 1. The molecule has 1 aromatic carbocycles. The molecule has 2 atom stereocenters. The van der Waals surface area contributed by atoms with E-state index in [1.54, 1.807) is 0 Å². The highest BCUT2D eigenvalue weighted by Crippen LogP contribution is 2.35. The standard InChI is InChI=1S/C19H28N4O2S/c20-18(22-16-5-9-25-17-4-2-1-3-15(16)17)21-13-19(6-12-26-14-19)23-7-10-24-11-8-23/h1-4,16H,5-14H2,(H3,20,21,22). The van der Waals surface area contributed by atoms with Gasteiger partial charge >= 0.3 is 0 Å². The molecule has 3 aliphatic rings. The van der Waals surface area contributed by atoms with Crippen LogP contribution >= 0.6 is 11.8 Å². The van der Waals surface area contributed by atoms with Crippen molar-refractivity contribution in [1.29, 1.82) is 0 Å². The molecule has 0 spiro atoms. The first-order valence-electron chi connectivity index (χ1n) is 9.46. The number of thioether (sulfide) groups is 1. The van der Waals surface area contributed by atoms with Gasteiger partial charge in [0.05, 0.1) is 37.9 Å². The van der Waals surface area contributed by atoms with Crippen LogP contribution in [-0.2, 0) is 4.74 Å². The minimum Gasteiger partial charge on any atom is -0.493 e. The van der Waals surface area contributed by atoms with E-state index in [1.807, 2.05) is 30.0 Å². The van der Waals surface area contributed by atoms with Crippen LogP contribution in [0.25, 0.3) is 0 Å². The topological polar surface area (TPSA) is 72.1 Å². The van der Waals surface area contributed by atoms with Crippen LogP contribution in [0.1, 0.15) is 24.4 Å². The summed E-state index contributed by atoms with van der Waals surface area (Å²) < 4.78 is 11.3. The van der Waals surface area contributed by atoms with Gasteiger partial charge in [-0.3, -0.25) is 9.89 Å². The van der Waals surface area contributed by atoms with Crippen molar-refractivity contribution in [3.8, 4) is 5.75 Å². The number of hydrogen-bond acceptors (Lipinski definition) is 5. The number of nitrogens with one attached hydrogen (secondary N) is 1. The summed E-state index contributed by atoms with van der Waals surface area (Å²) in [6.07, 6.45) is 2.08. The van der Waals surface area contributed by atoms with Crippen molar-refractivity contribution >= 4 is 17.7 Å². The molecule has 2 saturated heterocycles. The zero-order valence-electron chi connectivity index (χ0n) is 15.2. The van der Waals surface area contributed by atoms with Crippen LogP contribution in [0.3, 0.4) is 0 Å². The van der Waals surface area contributed by atoms with Gasteiger partial charge in [-0.1, -0.05) is 18.2 Å². The van der Waals surface area contributed by atoms with Crippen LogP contribution in [0.2, 0.25) is 0 Å². The molecule has 3 aliphatic heterocycles. The molecule has 3 heterocycles. The second-order valence-electron chi connectivity index (χ2n) is 7.20. The SMILES string of the molecule is NC(=NCC1(N2CCOCC2)CCSC1)NC1CCOc2ccccc21. The highest BCUT2D eigenvalue weighted by Gasteiger charge is 2.40. The summed E-state index contributed by atoms with van der Waals surface area (Å²) in [5.41, 5.74) is 7.57. The number of para-hydroxylation sites is 1. The van der Waals surface area contributed by atoms with Crippen LogP contribution in [-0.4, -0.2) is 67.4 Å². The third-order valence-electron chi connectivity index (χ3n) is 5.59. The number of benzene rings is 1. The quantitative estimate of drug-likeness (QED) is 0.615. The van der Waals surface area contributed by atoms with Crippen LogP contribution in [0.4, 0.5) is 0 Å². The molecule has 142 valence electrons. The Balaban J connectivity index is 1.43. The molecular weight excluding hydrogens is 348 g/mol. The van der Waals surface area contributed by atoms with E-state index in [4.69, 9.17) is 20.2 Å². The van der Waals surface area contributed by atoms with Gasteiger partial charge in [-0.15, -0.1) is 0 Å². The van der Waals surface area contributed by atoms with Crippen molar-refractivity contribution in [2.75, 3.05) is 51.0 Å². The maximum absolute atomic E-state index is 6.28. The number of hydrogen-bond donors (Lipinski definition) is 2. The van der Waals surface area contributed by atoms with E-state index >= 15 is 0 Å². The van der Waals surface area contributed by atoms with E-state index in [1.165, 1.54) is 12.2 Å². The molecule has 3 N–H and O–H groups in total. The fourth-order valence-corrected chi connectivity index (χ4v) is 5.52. The molecule has 4 rings (SSSR count). The van der Waals surface area contributed by atoms with E-state index < -0.39 is 0 Å². The van der Waals surface area contributed by atoms with E-state index in [9.17, 15) is 0 Å². The number of rotatable bonds is 4. The lowest BCUT2D eigenvalue weighted by atomic mass is 9.96. The molecule has 6 nitrogen and oxygen atoms in total. The molecule has 0 amide bonds. The smallest absolute Gasteiger partial charge is 0.189 e. The van der Waals surface area contributed by atoms with E-state index in [0.29, 0.717) is 12.6 Å². The van der Waals surface area contributed by atoms with Gasteiger partial charge in [0, 0.05) is 30.8 Å². The van der Waals surface area contributed by atoms with Gasteiger partial charge in [-0.25, -0.2) is 0 Å². The summed E-state index contributed by atoms with van der Waals surface area (Å²) in [6.45, 7) is 5.10. The van der Waals surface area contributed by atoms with Crippen LogP contribution in [0, 0.1) is 0 Å². The first-order valence-corrected chi connectivity index (χ1v) is 10.6. The summed E-state index contributed by atoms with van der Waals surface area (Å²) in [6, 6.07) is 8.32. The minimum atomic E-state index is 0.133. The van der Waals surface area contributed by atoms with Crippen molar-refractivity contribution in [3.05, 3.63) is 29.8 Å². The van der Waals surface area contributed by atoms with Gasteiger partial charge in [-0.05, 0) is 18.2 Å². The van der Waals surface area contributed by atoms with Crippen molar-refractivity contribution in [3.63, 3.8) is 0 Å². The monoisotopic (exact) mass is 376 g/mol. The highest BCUT2D eigenvalue weighted by molar-refractivity contribution is 7.99. The Morgan fingerprint density at radius 2 is 2.15 bits per heavy atom. The van der Waals surface area contributed by atoms with Crippen molar-refractivity contribution in [2.45, 2.75) is 24.4 Å². The number of aliphatic imine (C=N–C) groups is 1. The summed E-state index contributed by atoms with van der Waals surface area (Å²) in [5.74, 6) is 3.81. The van der Waals surface area contributed by atoms with E-state index in [2.05, 4.69) is 16.3 Å². The summed E-state index contributed by atoms with van der Waals surface area (Å²) in [7, 11) is 0. The molecule has 0 bridgehead atoms. The second-order valence-corrected chi connectivity index (χ2v) is 8.30. The second kappa shape index (κ2) is 8.06. The highest BCUT2D eigenvalue weighted by atomic mass is 32.2. The van der Waals surface area contributed by atoms with Crippen LogP contribution in [0.15, 0.2) is 29.3 Å². The molecule has 26 heavy (non-hydrogen) atoms. The molecule has 7 heteroatoms. The van der Waals surface area contributed by atoms with Gasteiger partial charge in [0.25, 0.3) is 0 Å². The Labute approximate surface area is 159 Å². The number of guanidine groups is 1. The maximum Gasteiger partial charge on any atom is 0.189 e. The Bertz CT molecular complexity index is 642.